The average molecular weight is 381 g/mol. The summed E-state index contributed by atoms with van der Waals surface area (Å²) in [5.74, 6) is 0.405. The van der Waals surface area contributed by atoms with Crippen molar-refractivity contribution in [3.63, 3.8) is 0 Å². The van der Waals surface area contributed by atoms with Crippen molar-refractivity contribution in [2.45, 2.75) is 30.7 Å². The van der Waals surface area contributed by atoms with Crippen LogP contribution in [0.5, 0.6) is 0 Å². The van der Waals surface area contributed by atoms with E-state index in [9.17, 15) is 9.18 Å². The van der Waals surface area contributed by atoms with Gasteiger partial charge in [-0.1, -0.05) is 41.9 Å². The van der Waals surface area contributed by atoms with Gasteiger partial charge in [-0.05, 0) is 24.6 Å². The summed E-state index contributed by atoms with van der Waals surface area (Å²) >= 11 is 6.94. The van der Waals surface area contributed by atoms with Gasteiger partial charge in [0.05, 0.1) is 10.8 Å². The van der Waals surface area contributed by atoms with Gasteiger partial charge in [-0.25, -0.2) is 9.37 Å². The second-order valence-electron chi connectivity index (χ2n) is 5.22. The topological polar surface area (TPSA) is 84.7 Å². The average Bonchev–Trinajstić information content (AvgIpc) is 3.04. The van der Waals surface area contributed by atoms with E-state index in [1.54, 1.807) is 6.07 Å². The van der Waals surface area contributed by atoms with Crippen LogP contribution in [0.15, 0.2) is 38.7 Å². The second-order valence-corrected chi connectivity index (χ2v) is 6.59. The maximum absolute atomic E-state index is 13.5. The standard InChI is InChI=1S/C16H14ClFN4O2S/c1-2-3-10-7-13(23)20-16(19-10)25-8-14-21-15(22-24-14)9-4-5-11(17)12(18)6-9/h4-7H,2-3,8H2,1H3,(H,19,20,23). The highest BCUT2D eigenvalue weighted by Crippen LogP contribution is 2.24. The minimum Gasteiger partial charge on any atom is -0.338 e. The first-order valence-electron chi connectivity index (χ1n) is 7.56. The van der Waals surface area contributed by atoms with Gasteiger partial charge in [0.1, 0.15) is 5.82 Å². The van der Waals surface area contributed by atoms with Gasteiger partial charge in [-0.3, -0.25) is 4.79 Å². The number of benzene rings is 1. The van der Waals surface area contributed by atoms with Crippen LogP contribution >= 0.6 is 23.4 Å². The highest BCUT2D eigenvalue weighted by Gasteiger charge is 2.12. The molecule has 0 aliphatic carbocycles. The molecule has 1 aromatic carbocycles. The third-order valence-corrected chi connectivity index (χ3v) is 4.42. The molecular weight excluding hydrogens is 367 g/mol. The highest BCUT2D eigenvalue weighted by atomic mass is 35.5. The van der Waals surface area contributed by atoms with Gasteiger partial charge in [-0.2, -0.15) is 4.98 Å². The summed E-state index contributed by atoms with van der Waals surface area (Å²) in [6.07, 6.45) is 1.65. The van der Waals surface area contributed by atoms with Crippen molar-refractivity contribution < 1.29 is 8.91 Å². The monoisotopic (exact) mass is 380 g/mol. The Hall–Kier alpha value is -2.19. The third-order valence-electron chi connectivity index (χ3n) is 3.26. The van der Waals surface area contributed by atoms with E-state index in [1.807, 2.05) is 6.92 Å². The quantitative estimate of drug-likeness (QED) is 0.516. The van der Waals surface area contributed by atoms with Crippen molar-refractivity contribution in [2.24, 2.45) is 0 Å². The first-order chi connectivity index (χ1) is 12.0. The van der Waals surface area contributed by atoms with Crippen molar-refractivity contribution in [3.8, 4) is 11.4 Å². The van der Waals surface area contributed by atoms with Gasteiger partial charge in [0.15, 0.2) is 5.16 Å². The fourth-order valence-electron chi connectivity index (χ4n) is 2.13. The van der Waals surface area contributed by atoms with E-state index in [4.69, 9.17) is 16.1 Å². The lowest BCUT2D eigenvalue weighted by atomic mass is 10.2. The molecule has 3 rings (SSSR count). The number of H-pyrrole nitrogens is 1. The molecule has 1 N–H and O–H groups in total. The molecule has 0 saturated carbocycles. The SMILES string of the molecule is CCCc1cc(=O)[nH]c(SCc2nc(-c3ccc(Cl)c(F)c3)no2)n1. The first-order valence-corrected chi connectivity index (χ1v) is 8.92. The van der Waals surface area contributed by atoms with Crippen LogP contribution in [0, 0.1) is 5.82 Å². The van der Waals surface area contributed by atoms with Crippen LogP contribution in [0.2, 0.25) is 5.02 Å². The summed E-state index contributed by atoms with van der Waals surface area (Å²) in [6.45, 7) is 2.02. The van der Waals surface area contributed by atoms with Crippen LogP contribution in [0.25, 0.3) is 11.4 Å². The zero-order valence-corrected chi connectivity index (χ0v) is 14.8. The molecule has 0 atom stereocenters. The molecule has 0 aliphatic rings. The number of aromatic nitrogens is 4. The van der Waals surface area contributed by atoms with Crippen LogP contribution in [-0.4, -0.2) is 20.1 Å². The molecule has 3 aromatic rings. The Morgan fingerprint density at radius 2 is 2.16 bits per heavy atom. The number of nitrogens with one attached hydrogen (secondary N) is 1. The van der Waals surface area contributed by atoms with Gasteiger partial charge in [0.2, 0.25) is 11.7 Å². The van der Waals surface area contributed by atoms with E-state index in [0.717, 1.165) is 18.5 Å². The van der Waals surface area contributed by atoms with Crippen molar-refractivity contribution in [2.75, 3.05) is 0 Å². The number of halogens is 2. The largest absolute Gasteiger partial charge is 0.338 e. The van der Waals surface area contributed by atoms with Crippen molar-refractivity contribution in [1.82, 2.24) is 20.1 Å². The van der Waals surface area contributed by atoms with E-state index < -0.39 is 5.82 Å². The summed E-state index contributed by atoms with van der Waals surface area (Å²) in [5, 5.41) is 4.36. The zero-order valence-electron chi connectivity index (χ0n) is 13.3. The molecule has 0 spiro atoms. The summed E-state index contributed by atoms with van der Waals surface area (Å²) in [5.41, 5.74) is 1.03. The van der Waals surface area contributed by atoms with Crippen LogP contribution in [0.3, 0.4) is 0 Å². The fourth-order valence-corrected chi connectivity index (χ4v) is 2.98. The van der Waals surface area contributed by atoms with Crippen molar-refractivity contribution in [3.05, 3.63) is 57.0 Å². The Kier molecular flexibility index (Phi) is 5.50. The van der Waals surface area contributed by atoms with E-state index in [0.29, 0.717) is 22.4 Å². The van der Waals surface area contributed by atoms with Crippen LogP contribution in [0.1, 0.15) is 24.9 Å². The maximum atomic E-state index is 13.5. The lowest BCUT2D eigenvalue weighted by molar-refractivity contribution is 0.391. The molecule has 0 fully saturated rings. The minimum absolute atomic E-state index is 0.0324. The van der Waals surface area contributed by atoms with Crippen LogP contribution in [0.4, 0.5) is 4.39 Å². The molecule has 0 unspecified atom stereocenters. The normalized spacial score (nSPS) is 11.0. The Balaban J connectivity index is 1.71. The third kappa shape index (κ3) is 4.46. The number of rotatable bonds is 6. The molecular formula is C16H14ClFN4O2S. The molecule has 0 amide bonds. The first kappa shape index (κ1) is 17.6. The highest BCUT2D eigenvalue weighted by molar-refractivity contribution is 7.98. The van der Waals surface area contributed by atoms with E-state index in [-0.39, 0.29) is 16.4 Å². The summed E-state index contributed by atoms with van der Waals surface area (Å²) in [6, 6.07) is 5.79. The number of thioether (sulfide) groups is 1. The van der Waals surface area contributed by atoms with E-state index in [1.165, 1.54) is 30.0 Å². The number of hydrogen-bond donors (Lipinski definition) is 1. The smallest absolute Gasteiger partial charge is 0.251 e. The van der Waals surface area contributed by atoms with Crippen LogP contribution in [-0.2, 0) is 12.2 Å². The van der Waals surface area contributed by atoms with Gasteiger partial charge in [0.25, 0.3) is 5.56 Å². The molecule has 0 radical (unpaired) electrons. The van der Waals surface area contributed by atoms with E-state index >= 15 is 0 Å². The molecule has 0 saturated heterocycles. The van der Waals surface area contributed by atoms with Crippen LogP contribution < -0.4 is 5.56 Å². The second kappa shape index (κ2) is 7.79. The molecule has 25 heavy (non-hydrogen) atoms. The van der Waals surface area contributed by atoms with Crippen molar-refractivity contribution >= 4 is 23.4 Å². The number of nitrogens with zero attached hydrogens (tertiary/aromatic N) is 3. The lowest BCUT2D eigenvalue weighted by Crippen LogP contribution is -2.09. The number of hydrogen-bond acceptors (Lipinski definition) is 6. The van der Waals surface area contributed by atoms with Crippen molar-refractivity contribution in [1.29, 1.82) is 0 Å². The number of aryl methyl sites for hydroxylation is 1. The molecule has 9 heteroatoms. The fraction of sp³-hybridized carbons (Fsp3) is 0.250. The van der Waals surface area contributed by atoms with Gasteiger partial charge < -0.3 is 9.51 Å². The summed E-state index contributed by atoms with van der Waals surface area (Å²) in [4.78, 5) is 22.9. The predicted octanol–water partition coefficient (Wildman–Crippen LogP) is 3.86. The molecule has 0 aliphatic heterocycles. The zero-order chi connectivity index (χ0) is 17.8. The maximum Gasteiger partial charge on any atom is 0.251 e. The molecule has 2 heterocycles. The molecule has 0 bridgehead atoms. The summed E-state index contributed by atoms with van der Waals surface area (Å²) in [7, 11) is 0. The molecule has 6 nitrogen and oxygen atoms in total. The Labute approximate surface area is 151 Å². The lowest BCUT2D eigenvalue weighted by Gasteiger charge is -2.01. The van der Waals surface area contributed by atoms with Gasteiger partial charge in [-0.15, -0.1) is 0 Å². The Morgan fingerprint density at radius 3 is 2.92 bits per heavy atom. The number of aromatic amines is 1. The molecule has 2 aromatic heterocycles. The molecule has 130 valence electrons. The van der Waals surface area contributed by atoms with Gasteiger partial charge >= 0.3 is 0 Å². The Morgan fingerprint density at radius 1 is 1.32 bits per heavy atom. The van der Waals surface area contributed by atoms with Gasteiger partial charge in [0, 0.05) is 17.3 Å². The van der Waals surface area contributed by atoms with E-state index in [2.05, 4.69) is 20.1 Å². The predicted molar refractivity (Wildman–Crippen MR) is 93.1 cm³/mol. The Bertz CT molecular complexity index is 944. The minimum atomic E-state index is -0.547. The summed E-state index contributed by atoms with van der Waals surface area (Å²) < 4.78 is 18.7.